The molecule has 0 spiro atoms. The Morgan fingerprint density at radius 2 is 1.88 bits per heavy atom. The number of ether oxygens (including phenoxy) is 3. The Kier molecular flexibility index (Phi) is 9.52. The number of methoxy groups -OCH3 is 2. The molecule has 0 saturated heterocycles. The monoisotopic (exact) mass is 592 g/mol. The number of alkyl halides is 4. The molecule has 15 heteroatoms. The highest BCUT2D eigenvalue weighted by atomic mass is 19.3. The summed E-state index contributed by atoms with van der Waals surface area (Å²) in [6.45, 7) is -0.533. The van der Waals surface area contributed by atoms with E-state index in [0.29, 0.717) is 29.2 Å². The zero-order valence-corrected chi connectivity index (χ0v) is 23.4. The minimum absolute atomic E-state index is 0.0981. The number of amidine groups is 1. The molecule has 0 amide bonds. The lowest BCUT2D eigenvalue weighted by Crippen LogP contribution is -2.47. The molecule has 2 unspecified atom stereocenters. The maximum Gasteiger partial charge on any atom is 0.387 e. The number of hydrogen-bond donors (Lipinski definition) is 4. The van der Waals surface area contributed by atoms with Crippen molar-refractivity contribution in [1.82, 2.24) is 30.7 Å². The predicted molar refractivity (Wildman–Crippen MR) is 148 cm³/mol. The second-order valence-corrected chi connectivity index (χ2v) is 9.42. The van der Waals surface area contributed by atoms with Crippen molar-refractivity contribution in [3.05, 3.63) is 66.0 Å². The molecule has 2 atom stereocenters. The first-order chi connectivity index (χ1) is 20.0. The van der Waals surface area contributed by atoms with Crippen LogP contribution in [-0.4, -0.2) is 60.9 Å². The summed E-state index contributed by atoms with van der Waals surface area (Å²) in [6, 6.07) is 6.42. The summed E-state index contributed by atoms with van der Waals surface area (Å²) >= 11 is 0. The molecule has 4 rings (SSSR count). The zero-order valence-electron chi connectivity index (χ0n) is 23.4. The van der Waals surface area contributed by atoms with E-state index in [1.807, 2.05) is 14.0 Å². The zero-order chi connectivity index (χ0) is 30.4. The first-order valence-electron chi connectivity index (χ1n) is 12.8. The second kappa shape index (κ2) is 13.1. The summed E-state index contributed by atoms with van der Waals surface area (Å²) in [5.41, 5.74) is 5.81. The van der Waals surface area contributed by atoms with E-state index in [1.54, 1.807) is 29.1 Å². The Hall–Kier alpha value is -4.37. The van der Waals surface area contributed by atoms with Crippen LogP contribution in [0.15, 0.2) is 59.7 Å². The van der Waals surface area contributed by atoms with E-state index in [0.717, 1.165) is 6.07 Å². The van der Waals surface area contributed by atoms with Gasteiger partial charge in [0.25, 0.3) is 6.43 Å². The molecule has 0 fully saturated rings. The van der Waals surface area contributed by atoms with Crippen molar-refractivity contribution in [3.8, 4) is 28.4 Å². The van der Waals surface area contributed by atoms with Gasteiger partial charge in [0, 0.05) is 59.9 Å². The third-order valence-corrected chi connectivity index (χ3v) is 6.49. The van der Waals surface area contributed by atoms with Crippen molar-refractivity contribution in [2.45, 2.75) is 44.8 Å². The normalized spacial score (nSPS) is 17.4. The fourth-order valence-corrected chi connectivity index (χ4v) is 4.21. The van der Waals surface area contributed by atoms with E-state index >= 15 is 0 Å². The van der Waals surface area contributed by atoms with Gasteiger partial charge < -0.3 is 30.2 Å². The number of hydrogen-bond acceptors (Lipinski definition) is 10. The van der Waals surface area contributed by atoms with Crippen molar-refractivity contribution in [1.29, 1.82) is 0 Å². The summed E-state index contributed by atoms with van der Waals surface area (Å²) < 4.78 is 71.6. The first-order valence-corrected chi connectivity index (χ1v) is 12.8. The van der Waals surface area contributed by atoms with Crippen molar-refractivity contribution in [3.63, 3.8) is 0 Å². The minimum Gasteiger partial charge on any atom is -0.497 e. The lowest BCUT2D eigenvalue weighted by molar-refractivity contribution is -0.0495. The molecule has 226 valence electrons. The van der Waals surface area contributed by atoms with Crippen LogP contribution >= 0.6 is 0 Å². The molecule has 1 aliphatic heterocycles. The van der Waals surface area contributed by atoms with Crippen molar-refractivity contribution in [2.75, 3.05) is 21.3 Å². The number of nitrogens with zero attached hydrogens (tertiary/aromatic N) is 4. The van der Waals surface area contributed by atoms with Gasteiger partial charge in [0.2, 0.25) is 0 Å². The number of nitrogens with one attached hydrogen (secondary N) is 3. The summed E-state index contributed by atoms with van der Waals surface area (Å²) in [5, 5.41) is 12.9. The molecular formula is C27H32F4N8O3. The Balaban J connectivity index is 1.67. The van der Waals surface area contributed by atoms with Crippen LogP contribution in [0.2, 0.25) is 0 Å². The molecule has 0 bridgehead atoms. The van der Waals surface area contributed by atoms with Gasteiger partial charge in [-0.3, -0.25) is 15.4 Å². The molecule has 42 heavy (non-hydrogen) atoms. The maximum atomic E-state index is 13.9. The van der Waals surface area contributed by atoms with Gasteiger partial charge in [-0.25, -0.2) is 13.8 Å². The van der Waals surface area contributed by atoms with Gasteiger partial charge in [-0.05, 0) is 26.1 Å². The highest BCUT2D eigenvalue weighted by molar-refractivity contribution is 5.88. The molecule has 1 aromatic carbocycles. The quantitative estimate of drug-likeness (QED) is 0.221. The molecule has 11 nitrogen and oxygen atoms in total. The Morgan fingerprint density at radius 3 is 2.55 bits per heavy atom. The summed E-state index contributed by atoms with van der Waals surface area (Å²) in [7, 11) is 4.82. The lowest BCUT2D eigenvalue weighted by atomic mass is 10.0. The Bertz CT molecular complexity index is 1450. The van der Waals surface area contributed by atoms with Crippen LogP contribution in [0.3, 0.4) is 0 Å². The van der Waals surface area contributed by atoms with E-state index < -0.39 is 24.5 Å². The van der Waals surface area contributed by atoms with Gasteiger partial charge in [-0.15, -0.1) is 0 Å². The molecule has 0 saturated carbocycles. The van der Waals surface area contributed by atoms with E-state index in [9.17, 15) is 17.6 Å². The molecule has 0 aliphatic carbocycles. The van der Waals surface area contributed by atoms with Gasteiger partial charge >= 0.3 is 6.61 Å². The summed E-state index contributed by atoms with van der Waals surface area (Å²) in [6.07, 6.45) is 2.74. The van der Waals surface area contributed by atoms with Gasteiger partial charge in [0.05, 0.1) is 32.7 Å². The molecule has 1 aliphatic rings. The van der Waals surface area contributed by atoms with Crippen molar-refractivity contribution in [2.24, 2.45) is 10.7 Å². The number of benzene rings is 1. The Labute approximate surface area is 239 Å². The number of nitrogens with two attached hydrogens (primary N) is 1. The third kappa shape index (κ3) is 7.09. The van der Waals surface area contributed by atoms with E-state index in [2.05, 4.69) is 31.0 Å². The number of aromatic nitrogens is 3. The number of rotatable bonds is 13. The topological polar surface area (TPSA) is 133 Å². The van der Waals surface area contributed by atoms with Gasteiger partial charge in [0.1, 0.15) is 23.1 Å². The largest absolute Gasteiger partial charge is 0.497 e. The smallest absolute Gasteiger partial charge is 0.387 e. The van der Waals surface area contributed by atoms with Crippen molar-refractivity contribution >= 4 is 5.84 Å². The van der Waals surface area contributed by atoms with Crippen LogP contribution in [0.4, 0.5) is 17.6 Å². The van der Waals surface area contributed by atoms with Crippen LogP contribution in [0.5, 0.6) is 17.2 Å². The van der Waals surface area contributed by atoms with Crippen molar-refractivity contribution < 1.29 is 31.8 Å². The van der Waals surface area contributed by atoms with Crippen LogP contribution < -0.4 is 35.9 Å². The minimum atomic E-state index is -3.17. The molecule has 5 N–H and O–H groups in total. The molecule has 3 heterocycles. The van der Waals surface area contributed by atoms with Crippen LogP contribution in [0, 0.1) is 0 Å². The van der Waals surface area contributed by atoms with E-state index in [-0.39, 0.29) is 35.4 Å². The summed E-state index contributed by atoms with van der Waals surface area (Å²) in [4.78, 5) is 8.27. The Morgan fingerprint density at radius 1 is 1.10 bits per heavy atom. The number of pyridine rings is 1. The molecule has 2 aromatic heterocycles. The van der Waals surface area contributed by atoms with Crippen LogP contribution in [-0.2, 0) is 18.8 Å². The first kappa shape index (κ1) is 30.6. The fraction of sp³-hybridized carbons (Fsp3) is 0.370. The average molecular weight is 593 g/mol. The highest BCUT2D eigenvalue weighted by Gasteiger charge is 2.35. The molecule has 3 aromatic rings. The summed E-state index contributed by atoms with van der Waals surface area (Å²) in [5.74, 6) is 0.193. The highest BCUT2D eigenvalue weighted by Crippen LogP contribution is 2.35. The van der Waals surface area contributed by atoms with E-state index in [4.69, 9.17) is 19.9 Å². The van der Waals surface area contributed by atoms with Crippen LogP contribution in [0.25, 0.3) is 11.1 Å². The standard InChI is InChI=1S/C27H32F4N8O3/c1-15(33-2)13-39-14-17(11-36-39)19-12-34-22(8-21(19)42-26(30)31)27(32)9-23(37-25(38-27)24(28)29)35-10-16-5-6-18(40-3)7-20(16)41-4/h5-9,11-12,14-15,24,26,33,35H,10,13,32H2,1-4H3,(H,37,38). The van der Waals surface area contributed by atoms with Gasteiger partial charge in [-0.1, -0.05) is 0 Å². The van der Waals surface area contributed by atoms with Gasteiger partial charge in [0.15, 0.2) is 11.5 Å². The average Bonchev–Trinajstić information content (AvgIpc) is 3.43. The second-order valence-electron chi connectivity index (χ2n) is 9.42. The SMILES string of the molecule is CNC(C)Cn1cc(-c2cnc(C3(N)C=C(NCc4ccc(OC)cc4OC)NC(C(F)F)=N3)cc2OC(F)F)cn1. The molecular weight excluding hydrogens is 560 g/mol. The maximum absolute atomic E-state index is 13.9. The van der Waals surface area contributed by atoms with Crippen LogP contribution in [0.1, 0.15) is 18.2 Å². The third-order valence-electron chi connectivity index (χ3n) is 6.49. The van der Waals surface area contributed by atoms with Gasteiger partial charge in [-0.2, -0.15) is 13.9 Å². The number of likely N-dealkylation sites (N-methyl/N-ethyl adjacent to an activating group) is 1. The predicted octanol–water partition coefficient (Wildman–Crippen LogP) is 3.18. The number of halogens is 4. The van der Waals surface area contributed by atoms with E-state index in [1.165, 1.54) is 32.7 Å². The lowest BCUT2D eigenvalue weighted by Gasteiger charge is -2.30. The number of aliphatic imine (C=N–C) groups is 1. The molecule has 0 radical (unpaired) electrons. The fourth-order valence-electron chi connectivity index (χ4n) is 4.21.